The number of amides is 1. The van der Waals surface area contributed by atoms with Crippen LogP contribution in [0, 0.1) is 28.6 Å². The van der Waals surface area contributed by atoms with E-state index in [1.807, 2.05) is 6.07 Å². The summed E-state index contributed by atoms with van der Waals surface area (Å²) in [5, 5.41) is 18.4. The van der Waals surface area contributed by atoms with Crippen LogP contribution in [0.25, 0.3) is 0 Å². The highest BCUT2D eigenvalue weighted by atomic mass is 16.6. The Hall–Kier alpha value is -2.41. The third kappa shape index (κ3) is 3.96. The van der Waals surface area contributed by atoms with E-state index >= 15 is 0 Å². The van der Waals surface area contributed by atoms with Gasteiger partial charge in [0.15, 0.2) is 12.4 Å². The van der Waals surface area contributed by atoms with Gasteiger partial charge in [0.25, 0.3) is 5.91 Å². The molecule has 190 valence electrons. The Morgan fingerprint density at radius 1 is 1.17 bits per heavy atom. The second kappa shape index (κ2) is 8.91. The molecule has 3 fully saturated rings. The Balaban J connectivity index is 1.23. The summed E-state index contributed by atoms with van der Waals surface area (Å²) in [5.74, 6) is 1.94. The number of carbonyl (C=O) groups is 2. The molecule has 3 saturated carbocycles. The van der Waals surface area contributed by atoms with Crippen LogP contribution < -0.4 is 5.32 Å². The van der Waals surface area contributed by atoms with E-state index in [4.69, 9.17) is 9.25 Å². The molecule has 1 aromatic rings. The Kier molecular flexibility index (Phi) is 6.19. The number of Topliss-reactive ketones (excluding diaryl/α,β-unsaturated/α-hetero) is 1. The molecule has 7 nitrogen and oxygen atoms in total. The fourth-order valence-corrected chi connectivity index (χ4v) is 8.06. The van der Waals surface area contributed by atoms with Gasteiger partial charge >= 0.3 is 0 Å². The lowest BCUT2D eigenvalue weighted by Crippen LogP contribution is -2.57. The molecule has 0 unspecified atom stereocenters. The van der Waals surface area contributed by atoms with Gasteiger partial charge in [-0.1, -0.05) is 24.6 Å². The lowest BCUT2D eigenvalue weighted by molar-refractivity contribution is -0.159. The van der Waals surface area contributed by atoms with Crippen molar-refractivity contribution in [1.82, 2.24) is 5.32 Å². The summed E-state index contributed by atoms with van der Waals surface area (Å²) >= 11 is 0. The summed E-state index contributed by atoms with van der Waals surface area (Å²) in [5.41, 5.74) is 1.01. The number of allylic oxidation sites excluding steroid dienone is 2. The standard InChI is InChI=1S/C28H38N2O5/c1-18(31)28(33)13-10-24-22-7-6-19-15-20(8-11-26(19,2)23(22)9-12-27(24,28)3)30-35-17-25(32)29-16-21-5-4-14-34-21/h4-5,14-15,22-24,33H,6-13,16-17H2,1-3H3,(H,29,32)/t22-,23-,24-,26+,27+,28-/m1/s1. The fourth-order valence-electron chi connectivity index (χ4n) is 8.06. The van der Waals surface area contributed by atoms with Crippen LogP contribution in [0.4, 0.5) is 0 Å². The molecule has 5 rings (SSSR count). The number of aliphatic hydroxyl groups is 1. The van der Waals surface area contributed by atoms with Crippen LogP contribution in [0.2, 0.25) is 0 Å². The summed E-state index contributed by atoms with van der Waals surface area (Å²) in [6, 6.07) is 3.59. The summed E-state index contributed by atoms with van der Waals surface area (Å²) in [4.78, 5) is 29.8. The van der Waals surface area contributed by atoms with Crippen LogP contribution in [0.1, 0.15) is 77.9 Å². The topological polar surface area (TPSA) is 101 Å². The van der Waals surface area contributed by atoms with Gasteiger partial charge < -0.3 is 19.7 Å². The zero-order valence-electron chi connectivity index (χ0n) is 21.1. The number of fused-ring (bicyclic) bond motifs is 5. The van der Waals surface area contributed by atoms with Crippen molar-refractivity contribution in [3.63, 3.8) is 0 Å². The van der Waals surface area contributed by atoms with Crippen molar-refractivity contribution >= 4 is 17.4 Å². The van der Waals surface area contributed by atoms with Gasteiger partial charge in [0, 0.05) is 5.41 Å². The third-order valence-electron chi connectivity index (χ3n) is 10.1. The molecule has 7 heteroatoms. The van der Waals surface area contributed by atoms with Crippen LogP contribution in [0.15, 0.2) is 39.6 Å². The maximum Gasteiger partial charge on any atom is 0.261 e. The SMILES string of the molecule is CC(=O)[C@]1(O)CC[C@@H]2[C@@H]3CCC4=CC(=NOCC(=O)NCc5ccco5)CC[C@]4(C)[C@@H]3CC[C@@]21C. The van der Waals surface area contributed by atoms with Crippen molar-refractivity contribution in [2.45, 2.75) is 84.3 Å². The predicted molar refractivity (Wildman–Crippen MR) is 131 cm³/mol. The molecule has 35 heavy (non-hydrogen) atoms. The second-order valence-corrected chi connectivity index (χ2v) is 11.6. The molecular formula is C28H38N2O5. The van der Waals surface area contributed by atoms with Gasteiger partial charge in [-0.15, -0.1) is 0 Å². The van der Waals surface area contributed by atoms with E-state index in [1.165, 1.54) is 5.57 Å². The van der Waals surface area contributed by atoms with E-state index < -0.39 is 5.60 Å². The Bertz CT molecular complexity index is 1050. The molecule has 0 aliphatic heterocycles. The molecule has 0 bridgehead atoms. The Morgan fingerprint density at radius 2 is 1.97 bits per heavy atom. The highest BCUT2D eigenvalue weighted by Crippen LogP contribution is 2.67. The van der Waals surface area contributed by atoms with Gasteiger partial charge in [0.05, 0.1) is 18.5 Å². The van der Waals surface area contributed by atoms with E-state index in [0.717, 1.165) is 50.7 Å². The first-order valence-corrected chi connectivity index (χ1v) is 13.1. The Morgan fingerprint density at radius 3 is 2.71 bits per heavy atom. The van der Waals surface area contributed by atoms with Crippen molar-refractivity contribution in [3.05, 3.63) is 35.8 Å². The molecule has 4 aliphatic carbocycles. The zero-order valence-corrected chi connectivity index (χ0v) is 21.1. The largest absolute Gasteiger partial charge is 0.467 e. The van der Waals surface area contributed by atoms with Crippen molar-refractivity contribution in [2.75, 3.05) is 6.61 Å². The molecule has 0 saturated heterocycles. The van der Waals surface area contributed by atoms with E-state index in [0.29, 0.717) is 36.5 Å². The average molecular weight is 483 g/mol. The monoisotopic (exact) mass is 482 g/mol. The number of hydrogen-bond acceptors (Lipinski definition) is 6. The molecule has 1 aromatic heterocycles. The first-order valence-electron chi connectivity index (χ1n) is 13.1. The normalized spacial score (nSPS) is 39.3. The Labute approximate surface area is 207 Å². The summed E-state index contributed by atoms with van der Waals surface area (Å²) < 4.78 is 5.21. The number of carbonyl (C=O) groups excluding carboxylic acids is 2. The molecular weight excluding hydrogens is 444 g/mol. The van der Waals surface area contributed by atoms with Crippen molar-refractivity contribution in [1.29, 1.82) is 0 Å². The molecule has 0 spiro atoms. The van der Waals surface area contributed by atoms with Gasteiger partial charge in [0.1, 0.15) is 11.4 Å². The lowest BCUT2D eigenvalue weighted by Gasteiger charge is -2.59. The highest BCUT2D eigenvalue weighted by molar-refractivity contribution is 5.96. The molecule has 1 amide bonds. The zero-order chi connectivity index (χ0) is 24.8. The molecule has 0 radical (unpaired) electrons. The fraction of sp³-hybridized carbons (Fsp3) is 0.679. The predicted octanol–water partition coefficient (Wildman–Crippen LogP) is 4.55. The number of nitrogens with zero attached hydrogens (tertiary/aromatic N) is 1. The van der Waals surface area contributed by atoms with Crippen LogP contribution in [-0.4, -0.2) is 34.7 Å². The summed E-state index contributed by atoms with van der Waals surface area (Å²) in [7, 11) is 0. The van der Waals surface area contributed by atoms with Crippen molar-refractivity contribution in [3.8, 4) is 0 Å². The minimum Gasteiger partial charge on any atom is -0.467 e. The van der Waals surface area contributed by atoms with Crippen molar-refractivity contribution in [2.24, 2.45) is 33.7 Å². The van der Waals surface area contributed by atoms with Gasteiger partial charge in [0.2, 0.25) is 0 Å². The van der Waals surface area contributed by atoms with Gasteiger partial charge in [-0.3, -0.25) is 9.59 Å². The van der Waals surface area contributed by atoms with Crippen LogP contribution in [0.3, 0.4) is 0 Å². The number of nitrogens with one attached hydrogen (secondary N) is 1. The van der Waals surface area contributed by atoms with Gasteiger partial charge in [-0.25, -0.2) is 0 Å². The van der Waals surface area contributed by atoms with Crippen molar-refractivity contribution < 1.29 is 24.0 Å². The number of hydrogen-bond donors (Lipinski definition) is 2. The highest BCUT2D eigenvalue weighted by Gasteiger charge is 2.65. The molecule has 0 aromatic carbocycles. The molecule has 6 atom stereocenters. The van der Waals surface area contributed by atoms with E-state index in [2.05, 4.69) is 30.4 Å². The number of oxime groups is 1. The lowest BCUT2D eigenvalue weighted by atomic mass is 9.46. The smallest absolute Gasteiger partial charge is 0.261 e. The number of ketones is 1. The molecule has 1 heterocycles. The minimum absolute atomic E-state index is 0.0586. The molecule has 2 N–H and O–H groups in total. The average Bonchev–Trinajstić information content (AvgIpc) is 3.44. The molecule has 4 aliphatic rings. The maximum absolute atomic E-state index is 12.4. The maximum atomic E-state index is 12.4. The van der Waals surface area contributed by atoms with E-state index in [1.54, 1.807) is 19.3 Å². The van der Waals surface area contributed by atoms with Crippen LogP contribution in [-0.2, 0) is 21.0 Å². The third-order valence-corrected chi connectivity index (χ3v) is 10.1. The number of furan rings is 1. The minimum atomic E-state index is -1.16. The quantitative estimate of drug-likeness (QED) is 0.579. The summed E-state index contributed by atoms with van der Waals surface area (Å²) in [6.07, 6.45) is 11.3. The first-order chi connectivity index (χ1) is 16.7. The van der Waals surface area contributed by atoms with E-state index in [-0.39, 0.29) is 29.1 Å². The summed E-state index contributed by atoms with van der Waals surface area (Å²) in [6.45, 7) is 6.36. The van der Waals surface area contributed by atoms with Crippen LogP contribution >= 0.6 is 0 Å². The van der Waals surface area contributed by atoms with Crippen LogP contribution in [0.5, 0.6) is 0 Å². The van der Waals surface area contributed by atoms with Gasteiger partial charge in [-0.2, -0.15) is 0 Å². The second-order valence-electron chi connectivity index (χ2n) is 11.6. The number of rotatable bonds is 6. The van der Waals surface area contributed by atoms with E-state index in [9.17, 15) is 14.7 Å². The van der Waals surface area contributed by atoms with Gasteiger partial charge in [-0.05, 0) is 99.7 Å². The first kappa shape index (κ1) is 24.3.